The van der Waals surface area contributed by atoms with Gasteiger partial charge in [0.15, 0.2) is 9.84 Å². The summed E-state index contributed by atoms with van der Waals surface area (Å²) < 4.78 is 26.3. The quantitative estimate of drug-likeness (QED) is 0.414. The Morgan fingerprint density at radius 2 is 1.88 bits per heavy atom. The molecule has 0 aliphatic carbocycles. The first-order valence-corrected chi connectivity index (χ1v) is 12.2. The second-order valence-electron chi connectivity index (χ2n) is 7.57. The van der Waals surface area contributed by atoms with Crippen LogP contribution in [0.5, 0.6) is 5.75 Å². The van der Waals surface area contributed by atoms with Crippen LogP contribution in [0, 0.1) is 6.92 Å². The van der Waals surface area contributed by atoms with E-state index in [2.05, 4.69) is 10.4 Å². The summed E-state index contributed by atoms with van der Waals surface area (Å²) in [6.07, 6.45) is 1.72. The lowest BCUT2D eigenvalue weighted by Crippen LogP contribution is -2.14. The molecule has 0 aliphatic rings. The molecular formula is C24H24N4O4S. The predicted octanol–water partition coefficient (Wildman–Crippen LogP) is 4.18. The van der Waals surface area contributed by atoms with E-state index in [1.807, 2.05) is 36.7 Å². The van der Waals surface area contributed by atoms with Crippen LogP contribution < -0.4 is 5.32 Å². The number of nitrogens with one attached hydrogen (secondary N) is 1. The van der Waals surface area contributed by atoms with Gasteiger partial charge >= 0.3 is 0 Å². The fourth-order valence-corrected chi connectivity index (χ4v) is 4.59. The number of rotatable bonds is 6. The largest absolute Gasteiger partial charge is 0.506 e. The highest BCUT2D eigenvalue weighted by molar-refractivity contribution is 7.91. The summed E-state index contributed by atoms with van der Waals surface area (Å²) in [7, 11) is -3.50. The molecule has 33 heavy (non-hydrogen) atoms. The summed E-state index contributed by atoms with van der Waals surface area (Å²) in [6, 6.07) is 12.8. The Labute approximate surface area is 191 Å². The van der Waals surface area contributed by atoms with Crippen LogP contribution in [0.15, 0.2) is 59.6 Å². The second-order valence-corrected chi connectivity index (χ2v) is 9.85. The van der Waals surface area contributed by atoms with Crippen LogP contribution in [0.2, 0.25) is 0 Å². The van der Waals surface area contributed by atoms with Crippen molar-refractivity contribution in [2.45, 2.75) is 32.2 Å². The van der Waals surface area contributed by atoms with Gasteiger partial charge in [0.05, 0.1) is 39.3 Å². The first-order chi connectivity index (χ1) is 15.7. The third kappa shape index (κ3) is 4.19. The highest BCUT2D eigenvalue weighted by atomic mass is 32.2. The molecule has 0 aliphatic heterocycles. The number of hydrogen-bond acceptors (Lipinski definition) is 6. The lowest BCUT2D eigenvalue weighted by Gasteiger charge is -2.12. The van der Waals surface area contributed by atoms with Gasteiger partial charge in [-0.3, -0.25) is 9.48 Å². The van der Waals surface area contributed by atoms with Gasteiger partial charge in [-0.1, -0.05) is 25.1 Å². The van der Waals surface area contributed by atoms with E-state index in [4.69, 9.17) is 4.98 Å². The van der Waals surface area contributed by atoms with Crippen molar-refractivity contribution in [1.82, 2.24) is 14.8 Å². The molecule has 0 spiro atoms. The van der Waals surface area contributed by atoms with Gasteiger partial charge in [0.1, 0.15) is 5.75 Å². The van der Waals surface area contributed by atoms with E-state index in [0.29, 0.717) is 28.7 Å². The molecule has 2 aromatic heterocycles. The van der Waals surface area contributed by atoms with Crippen molar-refractivity contribution in [3.63, 3.8) is 0 Å². The van der Waals surface area contributed by atoms with Gasteiger partial charge in [0.2, 0.25) is 0 Å². The summed E-state index contributed by atoms with van der Waals surface area (Å²) >= 11 is 0. The van der Waals surface area contributed by atoms with Crippen molar-refractivity contribution in [1.29, 1.82) is 0 Å². The predicted molar refractivity (Wildman–Crippen MR) is 127 cm³/mol. The Hall–Kier alpha value is -3.72. The number of phenols is 1. The third-order valence-electron chi connectivity index (χ3n) is 5.59. The molecular weight excluding hydrogens is 440 g/mol. The minimum atomic E-state index is -3.50. The third-order valence-corrected chi connectivity index (χ3v) is 7.33. The van der Waals surface area contributed by atoms with Crippen LogP contribution in [-0.4, -0.2) is 39.9 Å². The van der Waals surface area contributed by atoms with Crippen molar-refractivity contribution < 1.29 is 18.3 Å². The molecule has 2 aromatic carbocycles. The van der Waals surface area contributed by atoms with Crippen LogP contribution in [0.4, 0.5) is 5.69 Å². The van der Waals surface area contributed by atoms with Gasteiger partial charge in [0, 0.05) is 23.2 Å². The van der Waals surface area contributed by atoms with Crippen LogP contribution in [-0.2, 0) is 16.4 Å². The Kier molecular flexibility index (Phi) is 5.90. The summed E-state index contributed by atoms with van der Waals surface area (Å²) in [4.78, 5) is 18.1. The second kappa shape index (κ2) is 8.67. The molecule has 9 heteroatoms. The van der Waals surface area contributed by atoms with Gasteiger partial charge in [0.25, 0.3) is 5.91 Å². The fraction of sp³-hybridized carbons (Fsp3) is 0.208. The average molecular weight is 465 g/mol. The molecule has 2 heterocycles. The van der Waals surface area contributed by atoms with E-state index >= 15 is 0 Å². The van der Waals surface area contributed by atoms with Crippen LogP contribution in [0.25, 0.3) is 22.2 Å². The molecule has 0 saturated heterocycles. The highest BCUT2D eigenvalue weighted by Gasteiger charge is 2.19. The van der Waals surface area contributed by atoms with Crippen LogP contribution in [0.3, 0.4) is 0 Å². The molecule has 4 aromatic rings. The average Bonchev–Trinajstić information content (AvgIpc) is 3.19. The molecule has 8 nitrogen and oxygen atoms in total. The molecule has 0 bridgehead atoms. The number of carbonyl (C=O) groups excluding carboxylic acids is 1. The van der Waals surface area contributed by atoms with Gasteiger partial charge in [-0.15, -0.1) is 0 Å². The Balaban J connectivity index is 1.80. The van der Waals surface area contributed by atoms with Crippen LogP contribution in [0.1, 0.15) is 29.9 Å². The zero-order chi connectivity index (χ0) is 23.8. The zero-order valence-corrected chi connectivity index (χ0v) is 19.3. The van der Waals surface area contributed by atoms with Crippen molar-refractivity contribution in [3.05, 3.63) is 66.0 Å². The van der Waals surface area contributed by atoms with E-state index < -0.39 is 15.7 Å². The highest BCUT2D eigenvalue weighted by Crippen LogP contribution is 2.30. The maximum absolute atomic E-state index is 13.3. The summed E-state index contributed by atoms with van der Waals surface area (Å²) in [6.45, 7) is 6.19. The number of para-hydroxylation sites is 1. The molecule has 0 unspecified atom stereocenters. The number of hydrogen-bond donors (Lipinski definition) is 2. The summed E-state index contributed by atoms with van der Waals surface area (Å²) in [5, 5.41) is 17.9. The zero-order valence-electron chi connectivity index (χ0n) is 18.5. The Bertz CT molecular complexity index is 1480. The number of benzene rings is 2. The van der Waals surface area contributed by atoms with Gasteiger partial charge < -0.3 is 10.4 Å². The molecule has 2 N–H and O–H groups in total. The smallest absolute Gasteiger partial charge is 0.256 e. The number of fused-ring (bicyclic) bond motifs is 1. The number of anilines is 1. The maximum atomic E-state index is 13.3. The molecule has 0 atom stereocenters. The molecule has 170 valence electrons. The van der Waals surface area contributed by atoms with Gasteiger partial charge in [-0.2, -0.15) is 5.10 Å². The van der Waals surface area contributed by atoms with Gasteiger partial charge in [-0.25, -0.2) is 13.4 Å². The van der Waals surface area contributed by atoms with E-state index in [1.165, 1.54) is 25.1 Å². The first-order valence-electron chi connectivity index (χ1n) is 10.5. The number of aryl methyl sites for hydroxylation is 1. The molecule has 0 saturated carbocycles. The van der Waals surface area contributed by atoms with Gasteiger partial charge in [-0.05, 0) is 44.2 Å². The standard InChI is InChI=1S/C24H24N4O4S/c1-4-28-15(3)19(14-25-28)21-13-18(17-8-6-7-9-20(17)26-21)24(30)27-22-12-16(10-11-23(22)29)33(31,32)5-2/h6-14,29H,4-5H2,1-3H3,(H,27,30). The number of nitrogens with zero attached hydrogens (tertiary/aromatic N) is 3. The summed E-state index contributed by atoms with van der Waals surface area (Å²) in [5.74, 6) is -0.803. The number of amides is 1. The molecule has 0 fully saturated rings. The molecule has 1 amide bonds. The van der Waals surface area contributed by atoms with Crippen molar-refractivity contribution in [2.75, 3.05) is 11.1 Å². The molecule has 4 rings (SSSR count). The van der Waals surface area contributed by atoms with Crippen molar-refractivity contribution in [3.8, 4) is 17.0 Å². The van der Waals surface area contributed by atoms with Crippen molar-refractivity contribution >= 4 is 32.3 Å². The lowest BCUT2D eigenvalue weighted by atomic mass is 10.0. The summed E-state index contributed by atoms with van der Waals surface area (Å²) in [5.41, 5.74) is 3.35. The van der Waals surface area contributed by atoms with E-state index in [-0.39, 0.29) is 22.1 Å². The first kappa shape index (κ1) is 22.5. The van der Waals surface area contributed by atoms with Crippen LogP contribution >= 0.6 is 0 Å². The van der Waals surface area contributed by atoms with E-state index in [9.17, 15) is 18.3 Å². The lowest BCUT2D eigenvalue weighted by molar-refractivity contribution is 0.102. The monoisotopic (exact) mass is 464 g/mol. The topological polar surface area (TPSA) is 114 Å². The number of sulfone groups is 1. The number of phenolic OH excluding ortho intramolecular Hbond substituents is 1. The number of pyridine rings is 1. The molecule has 0 radical (unpaired) electrons. The number of aromatic hydroxyl groups is 1. The van der Waals surface area contributed by atoms with Crippen molar-refractivity contribution in [2.24, 2.45) is 0 Å². The minimum Gasteiger partial charge on any atom is -0.506 e. The van der Waals surface area contributed by atoms with E-state index in [1.54, 1.807) is 18.3 Å². The number of carbonyl (C=O) groups is 1. The maximum Gasteiger partial charge on any atom is 0.256 e. The normalized spacial score (nSPS) is 11.6. The Morgan fingerprint density at radius 3 is 2.58 bits per heavy atom. The number of aromatic nitrogens is 3. The fourth-order valence-electron chi connectivity index (χ4n) is 3.68. The Morgan fingerprint density at radius 1 is 1.12 bits per heavy atom. The van der Waals surface area contributed by atoms with E-state index in [0.717, 1.165) is 11.3 Å². The minimum absolute atomic E-state index is 0.0203. The SMILES string of the molecule is CCn1ncc(-c2cc(C(=O)Nc3cc(S(=O)(=O)CC)ccc3O)c3ccccc3n2)c1C.